The molecule has 1 unspecified atom stereocenters. The predicted molar refractivity (Wildman–Crippen MR) is 94.4 cm³/mol. The summed E-state index contributed by atoms with van der Waals surface area (Å²) >= 11 is 0. The molecule has 0 saturated heterocycles. The molecule has 3 rings (SSSR count). The molecule has 0 aliphatic heterocycles. The van der Waals surface area contributed by atoms with Gasteiger partial charge in [-0.15, -0.1) is 0 Å². The van der Waals surface area contributed by atoms with Gasteiger partial charge in [0.15, 0.2) is 0 Å². The van der Waals surface area contributed by atoms with E-state index in [1.165, 1.54) is 20.0 Å². The molecule has 0 radical (unpaired) electrons. The number of ether oxygens (including phenoxy) is 1. The molecule has 4 atom stereocenters. The van der Waals surface area contributed by atoms with E-state index < -0.39 is 0 Å². The molecule has 0 aromatic heterocycles. The van der Waals surface area contributed by atoms with Gasteiger partial charge in [-0.3, -0.25) is 9.59 Å². The molecular formula is C21H32O3. The minimum absolute atomic E-state index is 0.210. The van der Waals surface area contributed by atoms with E-state index >= 15 is 0 Å². The summed E-state index contributed by atoms with van der Waals surface area (Å²) in [6.07, 6.45) is 6.59. The van der Waals surface area contributed by atoms with Crippen molar-refractivity contribution < 1.29 is 14.3 Å². The minimum Gasteiger partial charge on any atom is -0.469 e. The highest BCUT2D eigenvalue weighted by molar-refractivity contribution is 5.90. The van der Waals surface area contributed by atoms with Crippen molar-refractivity contribution in [2.45, 2.75) is 72.6 Å². The molecule has 0 spiro atoms. The first-order valence-electron chi connectivity index (χ1n) is 9.57. The first-order valence-corrected chi connectivity index (χ1v) is 9.57. The lowest BCUT2D eigenvalue weighted by molar-refractivity contribution is -0.148. The van der Waals surface area contributed by atoms with Crippen molar-refractivity contribution in [3.8, 4) is 0 Å². The lowest BCUT2D eigenvalue weighted by atomic mass is 9.54. The zero-order chi connectivity index (χ0) is 17.7. The first-order chi connectivity index (χ1) is 11.2. The molecule has 3 aliphatic rings. The second kappa shape index (κ2) is 6.00. The lowest BCUT2D eigenvalue weighted by Crippen LogP contribution is -2.44. The Morgan fingerprint density at radius 2 is 1.88 bits per heavy atom. The molecule has 0 amide bonds. The topological polar surface area (TPSA) is 43.4 Å². The van der Waals surface area contributed by atoms with E-state index in [0.717, 1.165) is 25.7 Å². The number of carbonyl (C=O) groups excluding carboxylic acids is 2. The van der Waals surface area contributed by atoms with Gasteiger partial charge in [-0.2, -0.15) is 0 Å². The van der Waals surface area contributed by atoms with Crippen LogP contribution in [0.25, 0.3) is 0 Å². The molecule has 134 valence electrons. The van der Waals surface area contributed by atoms with Gasteiger partial charge in [0.2, 0.25) is 0 Å². The predicted octanol–water partition coefficient (Wildman–Crippen LogP) is 4.70. The van der Waals surface area contributed by atoms with Gasteiger partial charge in [-0.05, 0) is 55.8 Å². The molecule has 0 aromatic rings. The third-order valence-corrected chi connectivity index (χ3v) is 7.36. The fraction of sp³-hybridized carbons (Fsp3) is 0.810. The average Bonchev–Trinajstić information content (AvgIpc) is 2.83. The van der Waals surface area contributed by atoms with Crippen molar-refractivity contribution in [3.05, 3.63) is 11.1 Å². The van der Waals surface area contributed by atoms with E-state index in [1.807, 2.05) is 0 Å². The molecule has 3 nitrogen and oxygen atoms in total. The van der Waals surface area contributed by atoms with Crippen molar-refractivity contribution >= 4 is 11.8 Å². The Hall–Kier alpha value is -1.12. The summed E-state index contributed by atoms with van der Waals surface area (Å²) < 4.78 is 4.94. The minimum atomic E-state index is -0.290. The van der Waals surface area contributed by atoms with Crippen LogP contribution in [0.5, 0.6) is 0 Å². The molecule has 24 heavy (non-hydrogen) atoms. The number of allylic oxidation sites excluding steroid dienone is 2. The smallest absolute Gasteiger partial charge is 0.309 e. The van der Waals surface area contributed by atoms with Crippen molar-refractivity contribution in [2.24, 2.45) is 28.6 Å². The maximum absolute atomic E-state index is 13.1. The van der Waals surface area contributed by atoms with E-state index in [1.54, 1.807) is 11.1 Å². The van der Waals surface area contributed by atoms with Crippen LogP contribution < -0.4 is 0 Å². The van der Waals surface area contributed by atoms with Gasteiger partial charge in [0, 0.05) is 11.8 Å². The van der Waals surface area contributed by atoms with Crippen LogP contribution in [-0.4, -0.2) is 18.9 Å². The fourth-order valence-electron chi connectivity index (χ4n) is 5.69. The Kier molecular flexibility index (Phi) is 4.42. The Morgan fingerprint density at radius 1 is 1.17 bits per heavy atom. The number of hydrogen-bond donors (Lipinski definition) is 0. The average molecular weight is 332 g/mol. The first kappa shape index (κ1) is 17.7. The molecule has 0 bridgehead atoms. The third-order valence-electron chi connectivity index (χ3n) is 7.36. The molecule has 3 aliphatic carbocycles. The second-order valence-corrected chi connectivity index (χ2v) is 9.05. The van der Waals surface area contributed by atoms with Gasteiger partial charge in [0.1, 0.15) is 5.78 Å². The number of hydrogen-bond acceptors (Lipinski definition) is 3. The molecule has 0 aromatic carbocycles. The maximum atomic E-state index is 13.1. The fourth-order valence-corrected chi connectivity index (χ4v) is 5.69. The summed E-state index contributed by atoms with van der Waals surface area (Å²) in [5.74, 6) is 0.695. The summed E-state index contributed by atoms with van der Waals surface area (Å²) in [4.78, 5) is 25.2. The van der Waals surface area contributed by atoms with E-state index in [-0.39, 0.29) is 28.5 Å². The standard InChI is InChI=1S/C21H32O3/c1-13(2)15-8-9-20(3)10-11-21(4)16(18(15)20)7-6-14(12-17(21)22)19(23)24-5/h13-14,16H,6-12H2,1-5H3/t14?,16-,20-,21-/m1/s1. The van der Waals surface area contributed by atoms with E-state index in [2.05, 4.69) is 27.7 Å². The molecule has 3 heteroatoms. The highest BCUT2D eigenvalue weighted by Gasteiger charge is 2.55. The van der Waals surface area contributed by atoms with Crippen molar-refractivity contribution in [2.75, 3.05) is 7.11 Å². The molecule has 2 fully saturated rings. The van der Waals surface area contributed by atoms with Crippen molar-refractivity contribution in [1.82, 2.24) is 0 Å². The number of Topliss-reactive ketones (excluding diaryl/α,β-unsaturated/α-hetero) is 1. The van der Waals surface area contributed by atoms with Gasteiger partial charge < -0.3 is 4.74 Å². The van der Waals surface area contributed by atoms with Crippen molar-refractivity contribution in [1.29, 1.82) is 0 Å². The summed E-state index contributed by atoms with van der Waals surface area (Å²) in [7, 11) is 1.43. The number of esters is 1. The molecule has 2 saturated carbocycles. The van der Waals surface area contributed by atoms with Crippen LogP contribution in [-0.2, 0) is 14.3 Å². The summed E-state index contributed by atoms with van der Waals surface area (Å²) in [6, 6.07) is 0. The number of rotatable bonds is 2. The number of carbonyl (C=O) groups is 2. The molecular weight excluding hydrogens is 300 g/mol. The molecule has 0 heterocycles. The Balaban J connectivity index is 2.03. The largest absolute Gasteiger partial charge is 0.469 e. The summed E-state index contributed by atoms with van der Waals surface area (Å²) in [5.41, 5.74) is 3.17. The van der Waals surface area contributed by atoms with E-state index in [0.29, 0.717) is 18.3 Å². The van der Waals surface area contributed by atoms with Crippen LogP contribution >= 0.6 is 0 Å². The number of ketones is 1. The quantitative estimate of drug-likeness (QED) is 0.544. The highest BCUT2D eigenvalue weighted by Crippen LogP contribution is 2.62. The van der Waals surface area contributed by atoms with Gasteiger partial charge in [-0.25, -0.2) is 0 Å². The monoisotopic (exact) mass is 332 g/mol. The zero-order valence-corrected chi connectivity index (χ0v) is 15.9. The third kappa shape index (κ3) is 2.55. The maximum Gasteiger partial charge on any atom is 0.309 e. The Morgan fingerprint density at radius 3 is 2.50 bits per heavy atom. The normalized spacial score (nSPS) is 39.5. The number of methoxy groups -OCH3 is 1. The van der Waals surface area contributed by atoms with Gasteiger partial charge >= 0.3 is 5.97 Å². The lowest BCUT2D eigenvalue weighted by Gasteiger charge is -2.49. The molecule has 0 N–H and O–H groups in total. The summed E-state index contributed by atoms with van der Waals surface area (Å²) in [5, 5.41) is 0. The van der Waals surface area contributed by atoms with Gasteiger partial charge in [0.05, 0.1) is 13.0 Å². The second-order valence-electron chi connectivity index (χ2n) is 9.05. The zero-order valence-electron chi connectivity index (χ0n) is 15.9. The van der Waals surface area contributed by atoms with Crippen LogP contribution in [0.4, 0.5) is 0 Å². The van der Waals surface area contributed by atoms with E-state index in [4.69, 9.17) is 4.74 Å². The van der Waals surface area contributed by atoms with E-state index in [9.17, 15) is 9.59 Å². The Labute approximate surface area is 146 Å². The van der Waals surface area contributed by atoms with Crippen LogP contribution in [0.1, 0.15) is 72.6 Å². The highest BCUT2D eigenvalue weighted by atomic mass is 16.5. The van der Waals surface area contributed by atoms with Crippen LogP contribution in [0, 0.1) is 28.6 Å². The van der Waals surface area contributed by atoms with Gasteiger partial charge in [0.25, 0.3) is 0 Å². The van der Waals surface area contributed by atoms with Crippen LogP contribution in [0.15, 0.2) is 11.1 Å². The SMILES string of the molecule is COC(=O)C1CC[C@@H]2C3=C(C(C)C)CC[C@]3(C)CC[C@@]2(C)C(=O)C1. The van der Waals surface area contributed by atoms with Crippen LogP contribution in [0.2, 0.25) is 0 Å². The van der Waals surface area contributed by atoms with Crippen LogP contribution in [0.3, 0.4) is 0 Å². The Bertz CT molecular complexity index is 588. The van der Waals surface area contributed by atoms with Crippen molar-refractivity contribution in [3.63, 3.8) is 0 Å². The van der Waals surface area contributed by atoms with Gasteiger partial charge in [-0.1, -0.05) is 38.8 Å². The number of fused-ring (bicyclic) bond motifs is 3. The summed E-state index contributed by atoms with van der Waals surface area (Å²) in [6.45, 7) is 9.15.